The third kappa shape index (κ3) is 3.06. The largest absolute Gasteiger partial charge is 0.306 e. The van der Waals surface area contributed by atoms with Gasteiger partial charge in [-0.2, -0.15) is 8.42 Å². The van der Waals surface area contributed by atoms with Gasteiger partial charge in [0.2, 0.25) is 0 Å². The number of halogens is 3. The van der Waals surface area contributed by atoms with Gasteiger partial charge in [0.15, 0.2) is 11.6 Å². The molecule has 0 aliphatic rings. The van der Waals surface area contributed by atoms with E-state index >= 15 is 0 Å². The van der Waals surface area contributed by atoms with Gasteiger partial charge >= 0.3 is 10.2 Å². The topological polar surface area (TPSA) is 34.1 Å². The van der Waals surface area contributed by atoms with Gasteiger partial charge in [-0.15, -0.1) is 3.89 Å². The Balaban J connectivity index is 2.99. The van der Waals surface area contributed by atoms with Crippen LogP contribution in [0.3, 0.4) is 0 Å². The van der Waals surface area contributed by atoms with Crippen LogP contribution >= 0.6 is 0 Å². The monoisotopic (exact) mass is 210 g/mol. The molecule has 2 nitrogen and oxygen atoms in total. The first-order valence-corrected chi connectivity index (χ1v) is 4.80. The fraction of sp³-hybridized carbons (Fsp3) is 0.143. The van der Waals surface area contributed by atoms with Gasteiger partial charge in [0, 0.05) is 0 Å². The van der Waals surface area contributed by atoms with Crippen LogP contribution in [0.4, 0.5) is 12.7 Å². The number of hydrogen-bond donors (Lipinski definition) is 0. The molecule has 0 aromatic heterocycles. The summed E-state index contributed by atoms with van der Waals surface area (Å²) < 4.78 is 57.1. The molecule has 0 fully saturated rings. The SMILES string of the molecule is O=S(=O)(F)Cc1ccc(F)c(F)c1. The molecule has 0 amide bonds. The molecule has 0 unspecified atom stereocenters. The van der Waals surface area contributed by atoms with E-state index in [9.17, 15) is 21.1 Å². The van der Waals surface area contributed by atoms with Crippen molar-refractivity contribution in [1.29, 1.82) is 0 Å². The number of rotatable bonds is 2. The highest BCUT2D eigenvalue weighted by atomic mass is 32.3. The Morgan fingerprint density at radius 1 is 1.15 bits per heavy atom. The van der Waals surface area contributed by atoms with Gasteiger partial charge in [-0.1, -0.05) is 6.07 Å². The lowest BCUT2D eigenvalue weighted by Crippen LogP contribution is -1.97. The molecule has 0 radical (unpaired) electrons. The normalized spacial score (nSPS) is 11.6. The second-order valence-electron chi connectivity index (χ2n) is 2.43. The first kappa shape index (κ1) is 10.0. The zero-order valence-corrected chi connectivity index (χ0v) is 7.11. The Labute approximate surface area is 73.2 Å². The predicted octanol–water partition coefficient (Wildman–Crippen LogP) is 1.76. The molecule has 0 saturated heterocycles. The van der Waals surface area contributed by atoms with E-state index in [1.54, 1.807) is 0 Å². The Morgan fingerprint density at radius 3 is 2.23 bits per heavy atom. The summed E-state index contributed by atoms with van der Waals surface area (Å²) >= 11 is 0. The minimum atomic E-state index is -4.70. The molecule has 0 saturated carbocycles. The fourth-order valence-corrected chi connectivity index (χ4v) is 1.41. The van der Waals surface area contributed by atoms with Gasteiger partial charge in [0.25, 0.3) is 0 Å². The van der Waals surface area contributed by atoms with Crippen LogP contribution < -0.4 is 0 Å². The molecule has 0 N–H and O–H groups in total. The molecule has 0 heterocycles. The highest BCUT2D eigenvalue weighted by Gasteiger charge is 2.10. The molecule has 72 valence electrons. The summed E-state index contributed by atoms with van der Waals surface area (Å²) in [6.07, 6.45) is 0. The molecule has 0 aliphatic carbocycles. The maximum Gasteiger partial charge on any atom is 0.306 e. The van der Waals surface area contributed by atoms with Crippen LogP contribution in [-0.4, -0.2) is 8.42 Å². The number of benzene rings is 1. The molecular formula is C7H5F3O2S. The van der Waals surface area contributed by atoms with Crippen molar-refractivity contribution in [3.05, 3.63) is 35.4 Å². The summed E-state index contributed by atoms with van der Waals surface area (Å²) in [6.45, 7) is 0. The second kappa shape index (κ2) is 3.37. The van der Waals surface area contributed by atoms with Crippen LogP contribution in [0.1, 0.15) is 5.56 Å². The first-order chi connectivity index (χ1) is 5.88. The first-order valence-electron chi connectivity index (χ1n) is 3.25. The Morgan fingerprint density at radius 2 is 1.77 bits per heavy atom. The van der Waals surface area contributed by atoms with E-state index < -0.39 is 27.6 Å². The summed E-state index contributed by atoms with van der Waals surface area (Å²) in [5, 5.41) is 0. The lowest BCUT2D eigenvalue weighted by atomic mass is 10.2. The molecular weight excluding hydrogens is 205 g/mol. The van der Waals surface area contributed by atoms with Crippen LogP contribution in [0, 0.1) is 11.6 Å². The average Bonchev–Trinajstić information content (AvgIpc) is 1.94. The molecule has 0 atom stereocenters. The fourth-order valence-electron chi connectivity index (χ4n) is 0.828. The minimum Gasteiger partial charge on any atom is -0.204 e. The summed E-state index contributed by atoms with van der Waals surface area (Å²) in [5.41, 5.74) is -0.124. The third-order valence-electron chi connectivity index (χ3n) is 1.32. The van der Waals surface area contributed by atoms with Gasteiger partial charge in [0.05, 0.1) is 0 Å². The van der Waals surface area contributed by atoms with E-state index in [2.05, 4.69) is 0 Å². The lowest BCUT2D eigenvalue weighted by Gasteiger charge is -1.97. The minimum absolute atomic E-state index is 0.124. The van der Waals surface area contributed by atoms with Crippen molar-refractivity contribution in [3.8, 4) is 0 Å². The van der Waals surface area contributed by atoms with Crippen LogP contribution in [-0.2, 0) is 16.0 Å². The van der Waals surface area contributed by atoms with Crippen molar-refractivity contribution in [2.75, 3.05) is 0 Å². The third-order valence-corrected chi connectivity index (χ3v) is 2.00. The highest BCUT2D eigenvalue weighted by Crippen LogP contribution is 2.12. The molecule has 0 bridgehead atoms. The summed E-state index contributed by atoms with van der Waals surface area (Å²) in [5.74, 6) is -3.23. The molecule has 0 aliphatic heterocycles. The van der Waals surface area contributed by atoms with Crippen LogP contribution in [0.15, 0.2) is 18.2 Å². The van der Waals surface area contributed by atoms with E-state index in [1.807, 2.05) is 0 Å². The van der Waals surface area contributed by atoms with Crippen molar-refractivity contribution in [1.82, 2.24) is 0 Å². The van der Waals surface area contributed by atoms with Crippen LogP contribution in [0.25, 0.3) is 0 Å². The number of hydrogen-bond acceptors (Lipinski definition) is 2. The van der Waals surface area contributed by atoms with Crippen molar-refractivity contribution >= 4 is 10.2 Å². The van der Waals surface area contributed by atoms with Gasteiger partial charge in [0.1, 0.15) is 5.75 Å². The smallest absolute Gasteiger partial charge is 0.204 e. The van der Waals surface area contributed by atoms with Gasteiger partial charge in [-0.25, -0.2) is 8.78 Å². The highest BCUT2D eigenvalue weighted by molar-refractivity contribution is 7.85. The van der Waals surface area contributed by atoms with E-state index in [-0.39, 0.29) is 5.56 Å². The second-order valence-corrected chi connectivity index (χ2v) is 3.80. The summed E-state index contributed by atoms with van der Waals surface area (Å²) in [4.78, 5) is 0. The van der Waals surface area contributed by atoms with Crippen molar-refractivity contribution in [3.63, 3.8) is 0 Å². The zero-order chi connectivity index (χ0) is 10.1. The molecule has 1 aromatic rings. The van der Waals surface area contributed by atoms with E-state index in [0.717, 1.165) is 12.1 Å². The van der Waals surface area contributed by atoms with E-state index in [4.69, 9.17) is 0 Å². The summed E-state index contributed by atoms with van der Waals surface area (Å²) in [6, 6.07) is 2.40. The van der Waals surface area contributed by atoms with Crippen molar-refractivity contribution in [2.45, 2.75) is 5.75 Å². The Hall–Kier alpha value is -1.04. The predicted molar refractivity (Wildman–Crippen MR) is 40.1 cm³/mol. The van der Waals surface area contributed by atoms with Crippen molar-refractivity contribution < 1.29 is 21.1 Å². The van der Waals surface area contributed by atoms with E-state index in [0.29, 0.717) is 6.07 Å². The lowest BCUT2D eigenvalue weighted by molar-refractivity contribution is 0.507. The molecule has 1 rings (SSSR count). The molecule has 13 heavy (non-hydrogen) atoms. The van der Waals surface area contributed by atoms with Gasteiger partial charge in [-0.3, -0.25) is 0 Å². The molecule has 1 aromatic carbocycles. The maximum atomic E-state index is 12.5. The van der Waals surface area contributed by atoms with Gasteiger partial charge in [-0.05, 0) is 17.7 Å². The maximum absolute atomic E-state index is 12.5. The standard InChI is InChI=1S/C7H5F3O2S/c8-6-2-1-5(3-7(6)9)4-13(10,11)12/h1-3H,4H2. The molecule has 0 spiro atoms. The quantitative estimate of drug-likeness (QED) is 0.697. The molecule has 6 heteroatoms. The Bertz CT molecular complexity index is 414. The van der Waals surface area contributed by atoms with E-state index in [1.165, 1.54) is 0 Å². The summed E-state index contributed by atoms with van der Waals surface area (Å²) in [7, 11) is -4.70. The zero-order valence-electron chi connectivity index (χ0n) is 6.30. The average molecular weight is 210 g/mol. The Kier molecular flexibility index (Phi) is 2.60. The van der Waals surface area contributed by atoms with Crippen molar-refractivity contribution in [2.24, 2.45) is 0 Å². The van der Waals surface area contributed by atoms with Crippen LogP contribution in [0.2, 0.25) is 0 Å². The van der Waals surface area contributed by atoms with Crippen LogP contribution in [0.5, 0.6) is 0 Å². The van der Waals surface area contributed by atoms with Gasteiger partial charge < -0.3 is 0 Å².